The van der Waals surface area contributed by atoms with E-state index in [4.69, 9.17) is 23.2 Å². The first kappa shape index (κ1) is 10.9. The van der Waals surface area contributed by atoms with Crippen LogP contribution in [0, 0.1) is 0 Å². The minimum absolute atomic E-state index is 0. The standard InChI is InChI=1S/C3H4Cl2O2.H3N/c1-2(6)7-3(4)5;/h3H,1H3;1H3. The fourth-order valence-corrected chi connectivity index (χ4v) is 0.376. The van der Waals surface area contributed by atoms with Crippen molar-refractivity contribution in [2.75, 3.05) is 0 Å². The van der Waals surface area contributed by atoms with E-state index in [9.17, 15) is 4.79 Å². The Morgan fingerprint density at radius 3 is 2.00 bits per heavy atom. The Balaban J connectivity index is 0. The number of carbonyl (C=O) groups is 1. The molecule has 0 rings (SSSR count). The van der Waals surface area contributed by atoms with Crippen molar-refractivity contribution in [3.05, 3.63) is 0 Å². The Hall–Kier alpha value is 0.01000. The second-order valence-electron chi connectivity index (χ2n) is 0.870. The summed E-state index contributed by atoms with van der Waals surface area (Å²) in [5, 5.41) is -1.03. The van der Waals surface area contributed by atoms with Gasteiger partial charge in [-0.05, 0) is 0 Å². The largest absolute Gasteiger partial charge is 0.432 e. The highest BCUT2D eigenvalue weighted by Crippen LogP contribution is 2.01. The fraction of sp³-hybridized carbons (Fsp3) is 0.667. The fourth-order valence-electron chi connectivity index (χ4n) is 0.125. The summed E-state index contributed by atoms with van der Waals surface area (Å²) < 4.78 is 4.14. The minimum Gasteiger partial charge on any atom is -0.432 e. The molecule has 0 amide bonds. The molecule has 0 aromatic rings. The molecule has 8 heavy (non-hydrogen) atoms. The lowest BCUT2D eigenvalue weighted by Gasteiger charge is -1.96. The van der Waals surface area contributed by atoms with Gasteiger partial charge in [0.2, 0.25) is 0 Å². The highest BCUT2D eigenvalue weighted by atomic mass is 35.5. The average molecular weight is 160 g/mol. The third-order valence-electron chi connectivity index (χ3n) is 0.255. The molecule has 3 N–H and O–H groups in total. The van der Waals surface area contributed by atoms with Crippen molar-refractivity contribution < 1.29 is 9.53 Å². The second kappa shape index (κ2) is 5.15. The molecule has 0 spiro atoms. The summed E-state index contributed by atoms with van der Waals surface area (Å²) in [6.07, 6.45) is 0. The smallest absolute Gasteiger partial charge is 0.305 e. The summed E-state index contributed by atoms with van der Waals surface area (Å²) in [6, 6.07) is 0. The zero-order valence-electron chi connectivity index (χ0n) is 4.36. The van der Waals surface area contributed by atoms with Crippen molar-refractivity contribution in [2.45, 2.75) is 11.9 Å². The summed E-state index contributed by atoms with van der Waals surface area (Å²) in [4.78, 5) is 9.86. The van der Waals surface area contributed by atoms with Gasteiger partial charge in [-0.3, -0.25) is 4.79 Å². The molecule has 0 atom stereocenters. The lowest BCUT2D eigenvalue weighted by molar-refractivity contribution is -0.140. The van der Waals surface area contributed by atoms with Crippen LogP contribution in [0.1, 0.15) is 6.92 Å². The zero-order chi connectivity index (χ0) is 5.86. The van der Waals surface area contributed by atoms with Crippen LogP contribution < -0.4 is 6.15 Å². The number of ether oxygens (including phenoxy) is 1. The van der Waals surface area contributed by atoms with Gasteiger partial charge in [0.15, 0.2) is 0 Å². The number of alkyl halides is 2. The van der Waals surface area contributed by atoms with E-state index >= 15 is 0 Å². The molecule has 0 aliphatic rings. The quantitative estimate of drug-likeness (QED) is 0.466. The maximum absolute atomic E-state index is 9.86. The van der Waals surface area contributed by atoms with Crippen LogP contribution in [0.15, 0.2) is 0 Å². The van der Waals surface area contributed by atoms with Gasteiger partial charge in [-0.15, -0.1) is 0 Å². The molecule has 0 aromatic carbocycles. The summed E-state index contributed by atoms with van der Waals surface area (Å²) >= 11 is 9.99. The van der Waals surface area contributed by atoms with Gasteiger partial charge >= 0.3 is 5.97 Å². The Labute approximate surface area is 57.5 Å². The number of esters is 1. The van der Waals surface area contributed by atoms with E-state index in [2.05, 4.69) is 4.74 Å². The van der Waals surface area contributed by atoms with Crippen molar-refractivity contribution in [1.82, 2.24) is 6.15 Å². The Bertz CT molecular complexity index is 75.7. The molecule has 0 saturated heterocycles. The van der Waals surface area contributed by atoms with E-state index in [1.165, 1.54) is 6.92 Å². The number of hydrogen-bond acceptors (Lipinski definition) is 3. The predicted octanol–water partition coefficient (Wildman–Crippen LogP) is 1.47. The number of carbonyl (C=O) groups excluding carboxylic acids is 1. The van der Waals surface area contributed by atoms with Gasteiger partial charge in [-0.25, -0.2) is 0 Å². The molecule has 3 nitrogen and oxygen atoms in total. The van der Waals surface area contributed by atoms with Crippen LogP contribution in [-0.2, 0) is 9.53 Å². The predicted molar refractivity (Wildman–Crippen MR) is 32.3 cm³/mol. The lowest BCUT2D eigenvalue weighted by Crippen LogP contribution is -2.01. The molecule has 0 saturated carbocycles. The van der Waals surface area contributed by atoms with Crippen molar-refractivity contribution in [1.29, 1.82) is 0 Å². The molecule has 0 heterocycles. The van der Waals surface area contributed by atoms with Crippen molar-refractivity contribution in [3.63, 3.8) is 0 Å². The van der Waals surface area contributed by atoms with Gasteiger partial charge in [0.05, 0.1) is 0 Å². The number of halogens is 2. The molecule has 0 aliphatic heterocycles. The third-order valence-corrected chi connectivity index (χ3v) is 0.433. The van der Waals surface area contributed by atoms with Gasteiger partial charge in [-0.2, -0.15) is 0 Å². The van der Waals surface area contributed by atoms with Gasteiger partial charge in [0.1, 0.15) is 0 Å². The maximum atomic E-state index is 9.86. The van der Waals surface area contributed by atoms with Crippen LogP contribution in [0.4, 0.5) is 0 Å². The molecular formula is C3H7Cl2NO2. The van der Waals surface area contributed by atoms with E-state index in [1.54, 1.807) is 0 Å². The van der Waals surface area contributed by atoms with Gasteiger partial charge < -0.3 is 10.9 Å². The molecule has 0 aromatic heterocycles. The summed E-state index contributed by atoms with van der Waals surface area (Å²) in [5.41, 5.74) is 0. The van der Waals surface area contributed by atoms with Crippen LogP contribution in [0.25, 0.3) is 0 Å². The van der Waals surface area contributed by atoms with Gasteiger partial charge in [0.25, 0.3) is 5.02 Å². The maximum Gasteiger partial charge on any atom is 0.305 e. The Morgan fingerprint density at radius 2 is 2.00 bits per heavy atom. The van der Waals surface area contributed by atoms with E-state index in [0.717, 1.165) is 0 Å². The van der Waals surface area contributed by atoms with Gasteiger partial charge in [-0.1, -0.05) is 23.2 Å². The van der Waals surface area contributed by atoms with E-state index in [-0.39, 0.29) is 6.15 Å². The summed E-state index contributed by atoms with van der Waals surface area (Å²) in [5.74, 6) is -0.477. The first-order valence-electron chi connectivity index (χ1n) is 1.58. The van der Waals surface area contributed by atoms with Crippen molar-refractivity contribution >= 4 is 29.2 Å². The zero-order valence-corrected chi connectivity index (χ0v) is 5.87. The second-order valence-corrected chi connectivity index (χ2v) is 1.89. The molecule has 0 unspecified atom stereocenters. The average Bonchev–Trinajstić information content (AvgIpc) is 1.27. The van der Waals surface area contributed by atoms with Crippen LogP contribution in [0.5, 0.6) is 0 Å². The molecule has 50 valence electrons. The van der Waals surface area contributed by atoms with Crippen molar-refractivity contribution in [3.8, 4) is 0 Å². The first-order chi connectivity index (χ1) is 3.13. The SMILES string of the molecule is CC(=O)OC(Cl)Cl.N. The Morgan fingerprint density at radius 1 is 1.62 bits per heavy atom. The number of hydrogen-bond donors (Lipinski definition) is 1. The van der Waals surface area contributed by atoms with E-state index in [1.807, 2.05) is 0 Å². The highest BCUT2D eigenvalue weighted by molar-refractivity contribution is 6.43. The topological polar surface area (TPSA) is 61.3 Å². The number of rotatable bonds is 1. The monoisotopic (exact) mass is 159 g/mol. The Kier molecular flexibility index (Phi) is 7.02. The minimum atomic E-state index is -1.03. The van der Waals surface area contributed by atoms with Gasteiger partial charge in [0, 0.05) is 6.92 Å². The molecule has 0 bridgehead atoms. The molecule has 0 aliphatic carbocycles. The van der Waals surface area contributed by atoms with Crippen LogP contribution in [0.3, 0.4) is 0 Å². The van der Waals surface area contributed by atoms with Crippen LogP contribution >= 0.6 is 23.2 Å². The van der Waals surface area contributed by atoms with E-state index in [0.29, 0.717) is 0 Å². The third kappa shape index (κ3) is 9.38. The summed E-state index contributed by atoms with van der Waals surface area (Å²) in [7, 11) is 0. The lowest BCUT2D eigenvalue weighted by atomic mass is 10.8. The highest BCUT2D eigenvalue weighted by Gasteiger charge is 1.98. The summed E-state index contributed by atoms with van der Waals surface area (Å²) in [6.45, 7) is 1.23. The van der Waals surface area contributed by atoms with Crippen LogP contribution in [0.2, 0.25) is 0 Å². The molecule has 5 heteroatoms. The molecule has 0 fully saturated rings. The normalized spacial score (nSPS) is 8.00. The van der Waals surface area contributed by atoms with Crippen LogP contribution in [-0.4, -0.2) is 11.0 Å². The molecule has 0 radical (unpaired) electrons. The van der Waals surface area contributed by atoms with E-state index < -0.39 is 11.0 Å². The first-order valence-corrected chi connectivity index (χ1v) is 2.45. The molecular weight excluding hydrogens is 153 g/mol. The van der Waals surface area contributed by atoms with Crippen molar-refractivity contribution in [2.24, 2.45) is 0 Å².